The summed E-state index contributed by atoms with van der Waals surface area (Å²) in [5, 5.41) is 116. The number of rotatable bonds is 62. The molecule has 16 amide bonds. The number of unbranched alkanes of at least 4 members (excludes halogenated alkanes) is 1. The lowest BCUT2D eigenvalue weighted by atomic mass is 9.96. The van der Waals surface area contributed by atoms with Crippen molar-refractivity contribution in [2.24, 2.45) is 63.4 Å². The van der Waals surface area contributed by atoms with Crippen molar-refractivity contribution in [1.82, 2.24) is 84.7 Å². The highest BCUT2D eigenvalue weighted by Gasteiger charge is 2.45. The number of aliphatic hydroxyl groups is 3. The van der Waals surface area contributed by atoms with E-state index in [1.807, 2.05) is 0 Å². The molecule has 20 atom stereocenters. The number of carboxylic acid groups (broad SMARTS) is 2. The van der Waals surface area contributed by atoms with E-state index < -0.39 is 272 Å². The number of guanidine groups is 1. The number of aliphatic carboxylic acids is 2. The summed E-state index contributed by atoms with van der Waals surface area (Å²) in [5.74, 6) is -22.2. The smallest absolute Gasteiger partial charge is 0.326 e. The number of aromatic hydroxyl groups is 2. The lowest BCUT2D eigenvalue weighted by molar-refractivity contribution is -0.143. The zero-order chi connectivity index (χ0) is 101. The number of benzene rings is 2. The minimum absolute atomic E-state index is 0.105. The molecule has 1 heterocycles. The zero-order valence-corrected chi connectivity index (χ0v) is 76.0. The minimum Gasteiger partial charge on any atom is -0.508 e. The summed E-state index contributed by atoms with van der Waals surface area (Å²) in [6.07, 6.45) is -9.68. The molecule has 0 saturated carbocycles. The molecule has 0 radical (unpaired) electrons. The van der Waals surface area contributed by atoms with Gasteiger partial charge in [-0.3, -0.25) is 86.9 Å². The summed E-state index contributed by atoms with van der Waals surface area (Å²) in [5.41, 5.74) is 53.2. The Morgan fingerprint density at radius 1 is 0.418 bits per heavy atom. The molecule has 0 bridgehead atoms. The molecule has 0 aromatic heterocycles. The molecular weight excluding hydrogens is 1760 g/mol. The summed E-state index contributed by atoms with van der Waals surface area (Å²) >= 11 is 0. The van der Waals surface area contributed by atoms with Gasteiger partial charge < -0.3 is 172 Å². The number of carboxylic acids is 2. The Balaban J connectivity index is 1.92. The van der Waals surface area contributed by atoms with Crippen molar-refractivity contribution in [3.05, 3.63) is 59.7 Å². The summed E-state index contributed by atoms with van der Waals surface area (Å²) in [4.78, 5) is 251. The standard InChI is InChI=1S/C83H138N26O25/c1-7-41(4)64(106-77(128)60-37-48(114)39-109(60)81(132)63(91)40(2)3)78(129)101-55(26-32-88)73(124)103-57(35-44-13-17-46(112)18-14-44)76(127)108-66(43(6)111)80(131)104-58(38-61(90)115)75(126)96-50(12-10-34-94-83(92)93)68(119)100-56(27-33-89)74(125)107-65(42(5)110)79(130)102-54(25-31-87)72(123)95-49(11-8-9-28-84)67(118)98-53(24-30-86)71(122)99-52(23-29-85)70(121)97-51(21-22-62(116)117)69(120)105-59(82(133)134)36-45-15-19-47(113)20-16-45/h13-20,40-43,48-60,63-66,110-114H,7-12,21-39,84-89,91H2,1-6H3,(H2,90,115)(H,95,123)(H,96,126)(H,97,121)(H,98,118)(H,99,122)(H,100,119)(H,101,129)(H,102,130)(H,103,124)(H,104,131)(H,105,120)(H,106,128)(H,107,125)(H,108,127)(H,116,117)(H,133,134)(H4,92,93,94)/t41-,42+,43+,48+,49-,50-,51-,52-,53-,54+,55-,56-,57-,58-,59-,60-,63-,64-,65-,66-/m0/s1. The number of phenols is 2. The van der Waals surface area contributed by atoms with Crippen molar-refractivity contribution >= 4 is 112 Å². The topological polar surface area (TPSA) is 891 Å². The van der Waals surface area contributed by atoms with Gasteiger partial charge in [0.25, 0.3) is 0 Å². The highest BCUT2D eigenvalue weighted by Crippen LogP contribution is 2.23. The largest absolute Gasteiger partial charge is 0.508 e. The van der Waals surface area contributed by atoms with Crippen LogP contribution < -0.4 is 131 Å². The predicted octanol–water partition coefficient (Wildman–Crippen LogP) is -11.6. The summed E-state index contributed by atoms with van der Waals surface area (Å²) in [6, 6.07) is -15.7. The summed E-state index contributed by atoms with van der Waals surface area (Å²) in [6.45, 7) is 7.09. The van der Waals surface area contributed by atoms with Gasteiger partial charge in [-0.05, 0) is 171 Å². The fraction of sp³-hybridized carbons (Fsp3) is 0.627. The first-order valence-corrected chi connectivity index (χ1v) is 44.1. The van der Waals surface area contributed by atoms with E-state index >= 15 is 0 Å². The second kappa shape index (κ2) is 59.1. The average Bonchev–Trinajstić information content (AvgIpc) is 1.65. The first-order chi connectivity index (χ1) is 63.2. The third-order valence-electron chi connectivity index (χ3n) is 21.7. The fourth-order valence-corrected chi connectivity index (χ4v) is 13.8. The number of nitrogens with zero attached hydrogens (tertiary/aromatic N) is 1. The zero-order valence-electron chi connectivity index (χ0n) is 76.0. The summed E-state index contributed by atoms with van der Waals surface area (Å²) in [7, 11) is 0. The maximum Gasteiger partial charge on any atom is 0.326 e. The Morgan fingerprint density at radius 2 is 0.746 bits per heavy atom. The first-order valence-electron chi connectivity index (χ1n) is 44.1. The Kier molecular flexibility index (Phi) is 51.0. The fourth-order valence-electron chi connectivity index (χ4n) is 13.8. The normalized spacial score (nSPS) is 16.9. The van der Waals surface area contributed by atoms with Crippen molar-refractivity contribution in [2.75, 3.05) is 52.4 Å². The number of aliphatic hydroxyl groups excluding tert-OH is 3. The number of amides is 16. The van der Waals surface area contributed by atoms with E-state index in [-0.39, 0.29) is 140 Å². The van der Waals surface area contributed by atoms with Crippen LogP contribution in [0.25, 0.3) is 0 Å². The second-order valence-electron chi connectivity index (χ2n) is 33.0. The molecule has 750 valence electrons. The maximum absolute atomic E-state index is 14.6. The van der Waals surface area contributed by atoms with Crippen LogP contribution in [-0.4, -0.2) is 320 Å². The van der Waals surface area contributed by atoms with Crippen LogP contribution in [0.3, 0.4) is 0 Å². The van der Waals surface area contributed by atoms with Crippen LogP contribution in [0, 0.1) is 17.2 Å². The first kappa shape index (κ1) is 116. The Bertz CT molecular complexity index is 4270. The molecule has 51 heteroatoms. The molecule has 1 saturated heterocycles. The molecule has 1 aliphatic rings. The number of hydrogen-bond donors (Lipinski definition) is 32. The predicted molar refractivity (Wildman–Crippen MR) is 481 cm³/mol. The lowest BCUT2D eigenvalue weighted by Gasteiger charge is -2.31. The Hall–Kier alpha value is -12.6. The van der Waals surface area contributed by atoms with E-state index in [4.69, 9.17) is 57.0 Å². The summed E-state index contributed by atoms with van der Waals surface area (Å²) < 4.78 is 0. The van der Waals surface area contributed by atoms with E-state index in [9.17, 15) is 122 Å². The van der Waals surface area contributed by atoms with E-state index in [0.29, 0.717) is 12.0 Å². The molecule has 1 fully saturated rings. The van der Waals surface area contributed by atoms with Gasteiger partial charge in [-0.1, -0.05) is 58.4 Å². The van der Waals surface area contributed by atoms with Gasteiger partial charge in [0.15, 0.2) is 5.96 Å². The molecule has 0 aliphatic carbocycles. The number of phenolic OH excluding ortho intramolecular Hbond substituents is 2. The number of primary amides is 1. The Labute approximate surface area is 774 Å². The van der Waals surface area contributed by atoms with Crippen LogP contribution in [0.4, 0.5) is 0 Å². The SMILES string of the molecule is CC[C@H](C)[C@H](NC(=O)[C@@H]1C[C@@H](O)CN1C(=O)[C@@H](N)C(C)C)C(=O)N[C@@H](CCN)C(=O)N[C@@H](Cc1ccc(O)cc1)C(=O)N[C@H](C(=O)N[C@@H](CC(N)=O)C(=O)N[C@@H](CCCNC(=N)N)C(=O)N[C@@H](CCN)C(=O)N[C@H](C(=O)N[C@H](CCN)C(=O)N[C@@H](CCCCN)C(=O)N[C@@H](CCN)C(=O)N[C@@H](CCN)C(=O)N[C@@H](CCC(=O)O)C(=O)N[C@@H](Cc1ccc(O)cc1)C(=O)O)[C@@H](C)O)[C@@H](C)O. The third kappa shape index (κ3) is 39.7. The average molecular weight is 1900 g/mol. The molecule has 0 spiro atoms. The van der Waals surface area contributed by atoms with Crippen LogP contribution in [0.15, 0.2) is 48.5 Å². The van der Waals surface area contributed by atoms with E-state index in [0.717, 1.165) is 18.7 Å². The highest BCUT2D eigenvalue weighted by atomic mass is 16.4. The van der Waals surface area contributed by atoms with Crippen molar-refractivity contribution in [3.63, 3.8) is 0 Å². The molecule has 3 rings (SSSR count). The molecule has 2 aromatic carbocycles. The minimum atomic E-state index is -2.07. The van der Waals surface area contributed by atoms with Crippen molar-refractivity contribution in [2.45, 2.75) is 266 Å². The van der Waals surface area contributed by atoms with Crippen molar-refractivity contribution in [1.29, 1.82) is 5.41 Å². The Morgan fingerprint density at radius 3 is 1.10 bits per heavy atom. The van der Waals surface area contributed by atoms with Gasteiger partial charge in [-0.25, -0.2) is 4.79 Å². The number of nitrogens with one attached hydrogen (secondary N) is 16. The second-order valence-corrected chi connectivity index (χ2v) is 33.0. The van der Waals surface area contributed by atoms with Crippen LogP contribution in [0.2, 0.25) is 0 Å². The van der Waals surface area contributed by atoms with Gasteiger partial charge in [0.05, 0.1) is 30.8 Å². The van der Waals surface area contributed by atoms with E-state index in [2.05, 4.69) is 79.8 Å². The van der Waals surface area contributed by atoms with Crippen LogP contribution in [0.1, 0.15) is 149 Å². The number of β-amino-alcohol motifs (C(OH)–C–C–N with tert-alkyl or cyclic N) is 1. The van der Waals surface area contributed by atoms with Gasteiger partial charge in [-0.2, -0.15) is 0 Å². The molecule has 0 unspecified atom stereocenters. The molecule has 2 aromatic rings. The number of nitrogens with two attached hydrogens (primary N) is 9. The van der Waals surface area contributed by atoms with Crippen molar-refractivity contribution in [3.8, 4) is 11.5 Å². The monoisotopic (exact) mass is 1900 g/mol. The van der Waals surface area contributed by atoms with Gasteiger partial charge in [-0.15, -0.1) is 0 Å². The quantitative estimate of drug-likeness (QED) is 0.0166. The van der Waals surface area contributed by atoms with Crippen LogP contribution in [-0.2, 0) is 99.1 Å². The van der Waals surface area contributed by atoms with Gasteiger partial charge >= 0.3 is 11.9 Å². The van der Waals surface area contributed by atoms with Gasteiger partial charge in [0.2, 0.25) is 94.5 Å². The maximum atomic E-state index is 14.6. The highest BCUT2D eigenvalue weighted by molar-refractivity contribution is 6.02. The molecule has 134 heavy (non-hydrogen) atoms. The van der Waals surface area contributed by atoms with Gasteiger partial charge in [0, 0.05) is 38.8 Å². The number of likely N-dealkylation sites (tertiary alicyclic amines) is 1. The number of carbonyl (C=O) groups is 18. The van der Waals surface area contributed by atoms with E-state index in [1.165, 1.54) is 48.5 Å². The van der Waals surface area contributed by atoms with Crippen LogP contribution in [0.5, 0.6) is 11.5 Å². The molecular formula is C83H138N26O25. The van der Waals surface area contributed by atoms with Gasteiger partial charge in [0.1, 0.15) is 102 Å². The van der Waals surface area contributed by atoms with Crippen LogP contribution >= 0.6 is 0 Å². The molecule has 51 nitrogen and oxygen atoms in total. The number of carbonyl (C=O) groups excluding carboxylic acids is 16. The van der Waals surface area contributed by atoms with E-state index in [1.54, 1.807) is 27.7 Å². The lowest BCUT2D eigenvalue weighted by Crippen LogP contribution is -2.63. The molecule has 1 aliphatic heterocycles. The number of hydrogen-bond acceptors (Lipinski definition) is 31. The van der Waals surface area contributed by atoms with Crippen molar-refractivity contribution < 1.29 is 122 Å². The third-order valence-corrected chi connectivity index (χ3v) is 21.7. The molecule has 41 N–H and O–H groups in total.